The molecule has 3 heteroatoms. The molecular formula is C18H25ClN2. The number of imidazole rings is 1. The lowest BCUT2D eigenvalue weighted by atomic mass is 9.84. The molecule has 1 aliphatic carbocycles. The second-order valence-electron chi connectivity index (χ2n) is 6.93. The number of aromatic amines is 1. The Balaban J connectivity index is 1.97. The standard InChI is InChI=1S/C18H25ClN2/c1-12(2)8-14-10-16-18(21-11-20-16)15(17(14)19)9-13-6-4-3-5-7-13/h10-13H,3-9H2,1-2H3,(H,20,21). The zero-order chi connectivity index (χ0) is 14.8. The summed E-state index contributed by atoms with van der Waals surface area (Å²) in [6, 6.07) is 2.19. The third-order valence-electron chi connectivity index (χ3n) is 4.67. The number of benzene rings is 1. The number of aromatic nitrogens is 2. The molecule has 0 radical (unpaired) electrons. The summed E-state index contributed by atoms with van der Waals surface area (Å²) in [6.45, 7) is 4.49. The first-order chi connectivity index (χ1) is 10.1. The summed E-state index contributed by atoms with van der Waals surface area (Å²) >= 11 is 6.75. The molecule has 1 aromatic carbocycles. The van der Waals surface area contributed by atoms with E-state index in [4.69, 9.17) is 11.6 Å². The molecular weight excluding hydrogens is 280 g/mol. The van der Waals surface area contributed by atoms with Gasteiger partial charge in [0.15, 0.2) is 0 Å². The zero-order valence-corrected chi connectivity index (χ0v) is 13.8. The Morgan fingerprint density at radius 2 is 2.05 bits per heavy atom. The van der Waals surface area contributed by atoms with Crippen molar-refractivity contribution in [3.8, 4) is 0 Å². The third-order valence-corrected chi connectivity index (χ3v) is 5.14. The van der Waals surface area contributed by atoms with Crippen LogP contribution in [0, 0.1) is 11.8 Å². The third kappa shape index (κ3) is 3.26. The topological polar surface area (TPSA) is 28.7 Å². The molecule has 0 bridgehead atoms. The number of fused-ring (bicyclic) bond motifs is 1. The molecule has 2 nitrogen and oxygen atoms in total. The Kier molecular flexibility index (Phi) is 4.54. The Labute approximate surface area is 132 Å². The minimum Gasteiger partial charge on any atom is -0.345 e. The zero-order valence-electron chi connectivity index (χ0n) is 13.1. The highest BCUT2D eigenvalue weighted by atomic mass is 35.5. The van der Waals surface area contributed by atoms with Gasteiger partial charge in [-0.15, -0.1) is 0 Å². The number of rotatable bonds is 4. The van der Waals surface area contributed by atoms with Crippen LogP contribution in [0.2, 0.25) is 5.02 Å². The lowest BCUT2D eigenvalue weighted by molar-refractivity contribution is 0.357. The van der Waals surface area contributed by atoms with E-state index >= 15 is 0 Å². The number of H-pyrrole nitrogens is 1. The van der Waals surface area contributed by atoms with Crippen LogP contribution in [-0.4, -0.2) is 9.97 Å². The van der Waals surface area contributed by atoms with Crippen molar-refractivity contribution in [3.63, 3.8) is 0 Å². The van der Waals surface area contributed by atoms with Gasteiger partial charge in [0.1, 0.15) is 0 Å². The smallest absolute Gasteiger partial charge is 0.0932 e. The average Bonchev–Trinajstić information content (AvgIpc) is 2.92. The molecule has 114 valence electrons. The molecule has 1 saturated carbocycles. The van der Waals surface area contributed by atoms with Gasteiger partial charge in [-0.3, -0.25) is 0 Å². The summed E-state index contributed by atoms with van der Waals surface area (Å²) in [6.07, 6.45) is 10.8. The van der Waals surface area contributed by atoms with Crippen LogP contribution < -0.4 is 0 Å². The number of halogens is 1. The molecule has 0 amide bonds. The van der Waals surface area contributed by atoms with Gasteiger partial charge in [-0.25, -0.2) is 4.98 Å². The van der Waals surface area contributed by atoms with E-state index in [0.29, 0.717) is 5.92 Å². The van der Waals surface area contributed by atoms with Crippen LogP contribution in [0.4, 0.5) is 0 Å². The van der Waals surface area contributed by atoms with Crippen LogP contribution in [0.25, 0.3) is 11.0 Å². The van der Waals surface area contributed by atoms with Crippen LogP contribution in [0.15, 0.2) is 12.4 Å². The second-order valence-corrected chi connectivity index (χ2v) is 7.31. The molecule has 3 rings (SSSR count). The van der Waals surface area contributed by atoms with Gasteiger partial charge >= 0.3 is 0 Å². The van der Waals surface area contributed by atoms with E-state index in [2.05, 4.69) is 29.9 Å². The molecule has 1 aliphatic rings. The fraction of sp³-hybridized carbons (Fsp3) is 0.611. The molecule has 0 unspecified atom stereocenters. The van der Waals surface area contributed by atoms with Crippen molar-refractivity contribution in [1.29, 1.82) is 0 Å². The maximum absolute atomic E-state index is 6.75. The van der Waals surface area contributed by atoms with Crippen molar-refractivity contribution >= 4 is 22.6 Å². The van der Waals surface area contributed by atoms with E-state index < -0.39 is 0 Å². The predicted molar refractivity (Wildman–Crippen MR) is 89.9 cm³/mol. The number of nitrogens with zero attached hydrogens (tertiary/aromatic N) is 1. The number of hydrogen-bond acceptors (Lipinski definition) is 1. The maximum Gasteiger partial charge on any atom is 0.0932 e. The summed E-state index contributed by atoms with van der Waals surface area (Å²) in [4.78, 5) is 7.79. The highest BCUT2D eigenvalue weighted by Gasteiger charge is 2.20. The van der Waals surface area contributed by atoms with Gasteiger partial charge in [0, 0.05) is 5.02 Å². The number of hydrogen-bond donors (Lipinski definition) is 1. The Bertz CT molecular complexity index is 609. The van der Waals surface area contributed by atoms with Crippen molar-refractivity contribution in [1.82, 2.24) is 9.97 Å². The van der Waals surface area contributed by atoms with Gasteiger partial charge < -0.3 is 4.98 Å². The monoisotopic (exact) mass is 304 g/mol. The fourth-order valence-electron chi connectivity index (χ4n) is 3.64. The quantitative estimate of drug-likeness (QED) is 0.789. The van der Waals surface area contributed by atoms with Crippen molar-refractivity contribution in [2.75, 3.05) is 0 Å². The molecule has 2 aromatic rings. The molecule has 0 atom stereocenters. The van der Waals surface area contributed by atoms with E-state index in [-0.39, 0.29) is 0 Å². The Morgan fingerprint density at radius 3 is 2.76 bits per heavy atom. The molecule has 1 aromatic heterocycles. The lowest BCUT2D eigenvalue weighted by Gasteiger charge is -2.23. The largest absolute Gasteiger partial charge is 0.345 e. The van der Waals surface area contributed by atoms with Gasteiger partial charge in [0.2, 0.25) is 0 Å². The summed E-state index contributed by atoms with van der Waals surface area (Å²) in [7, 11) is 0. The van der Waals surface area contributed by atoms with Crippen molar-refractivity contribution in [3.05, 3.63) is 28.5 Å². The maximum atomic E-state index is 6.75. The highest BCUT2D eigenvalue weighted by molar-refractivity contribution is 6.33. The fourth-order valence-corrected chi connectivity index (χ4v) is 3.94. The summed E-state index contributed by atoms with van der Waals surface area (Å²) in [5.41, 5.74) is 4.77. The summed E-state index contributed by atoms with van der Waals surface area (Å²) in [5.74, 6) is 1.40. The average molecular weight is 305 g/mol. The molecule has 1 heterocycles. The normalized spacial score (nSPS) is 17.0. The van der Waals surface area contributed by atoms with Crippen LogP contribution in [0.3, 0.4) is 0 Å². The van der Waals surface area contributed by atoms with Crippen LogP contribution >= 0.6 is 11.6 Å². The van der Waals surface area contributed by atoms with E-state index in [1.54, 1.807) is 6.33 Å². The minimum atomic E-state index is 0.616. The van der Waals surface area contributed by atoms with Gasteiger partial charge in [-0.05, 0) is 41.9 Å². The summed E-state index contributed by atoms with van der Waals surface area (Å²) < 4.78 is 0. The molecule has 1 N–H and O–H groups in total. The minimum absolute atomic E-state index is 0.616. The Hall–Kier alpha value is -1.02. The van der Waals surface area contributed by atoms with Crippen molar-refractivity contribution in [2.45, 2.75) is 58.8 Å². The van der Waals surface area contributed by atoms with Crippen LogP contribution in [0.1, 0.15) is 57.1 Å². The first-order valence-electron chi connectivity index (χ1n) is 8.28. The Morgan fingerprint density at radius 1 is 1.29 bits per heavy atom. The van der Waals surface area contributed by atoms with Gasteiger partial charge in [0.05, 0.1) is 17.4 Å². The van der Waals surface area contributed by atoms with Crippen LogP contribution in [0.5, 0.6) is 0 Å². The first kappa shape index (κ1) is 14.9. The molecule has 0 spiro atoms. The van der Waals surface area contributed by atoms with E-state index in [0.717, 1.165) is 34.8 Å². The lowest BCUT2D eigenvalue weighted by Crippen LogP contribution is -2.10. The van der Waals surface area contributed by atoms with Crippen molar-refractivity contribution in [2.24, 2.45) is 11.8 Å². The first-order valence-corrected chi connectivity index (χ1v) is 8.66. The second kappa shape index (κ2) is 6.39. The molecule has 0 saturated heterocycles. The highest BCUT2D eigenvalue weighted by Crippen LogP contribution is 2.35. The molecule has 0 aliphatic heterocycles. The van der Waals surface area contributed by atoms with Crippen molar-refractivity contribution < 1.29 is 0 Å². The van der Waals surface area contributed by atoms with E-state index in [1.165, 1.54) is 43.2 Å². The van der Waals surface area contributed by atoms with E-state index in [1.807, 2.05) is 0 Å². The number of nitrogens with one attached hydrogen (secondary N) is 1. The predicted octanol–water partition coefficient (Wildman–Crippen LogP) is 5.54. The van der Waals surface area contributed by atoms with E-state index in [9.17, 15) is 0 Å². The van der Waals surface area contributed by atoms with Gasteiger partial charge in [0.25, 0.3) is 0 Å². The van der Waals surface area contributed by atoms with Crippen LogP contribution in [-0.2, 0) is 12.8 Å². The molecule has 21 heavy (non-hydrogen) atoms. The molecule has 1 fully saturated rings. The summed E-state index contributed by atoms with van der Waals surface area (Å²) in [5, 5.41) is 0.967. The SMILES string of the molecule is CC(C)Cc1cc2[nH]cnc2c(CC2CCCCC2)c1Cl. The van der Waals surface area contributed by atoms with Gasteiger partial charge in [-0.2, -0.15) is 0 Å². The van der Waals surface area contributed by atoms with Gasteiger partial charge in [-0.1, -0.05) is 57.6 Å².